The third-order valence-corrected chi connectivity index (χ3v) is 3.46. The minimum Gasteiger partial charge on any atom is -0.353 e. The summed E-state index contributed by atoms with van der Waals surface area (Å²) in [5.41, 5.74) is 0.923. The predicted molar refractivity (Wildman–Crippen MR) is 72.6 cm³/mol. The second-order valence-corrected chi connectivity index (χ2v) is 4.82. The molecule has 2 aromatic rings. The van der Waals surface area contributed by atoms with Crippen molar-refractivity contribution in [2.45, 2.75) is 19.5 Å². The summed E-state index contributed by atoms with van der Waals surface area (Å²) in [5, 5.41) is 6.81. The van der Waals surface area contributed by atoms with Crippen molar-refractivity contribution in [3.05, 3.63) is 36.2 Å². The highest BCUT2D eigenvalue weighted by Crippen LogP contribution is 2.16. The van der Waals surface area contributed by atoms with Gasteiger partial charge in [0.1, 0.15) is 0 Å². The quantitative estimate of drug-likeness (QED) is 0.904. The molecule has 1 aromatic heterocycles. The van der Waals surface area contributed by atoms with Crippen molar-refractivity contribution < 1.29 is 9.32 Å². The Kier molecular flexibility index (Phi) is 3.47. The molecule has 1 fully saturated rings. The van der Waals surface area contributed by atoms with E-state index in [0.717, 1.165) is 12.1 Å². The summed E-state index contributed by atoms with van der Waals surface area (Å²) in [6.45, 7) is 3.82. The van der Waals surface area contributed by atoms with Crippen LogP contribution in [0.3, 0.4) is 0 Å². The lowest BCUT2D eigenvalue weighted by Crippen LogP contribution is -2.53. The first kappa shape index (κ1) is 12.8. The van der Waals surface area contributed by atoms with Crippen LogP contribution in [0.15, 0.2) is 34.9 Å². The zero-order valence-corrected chi connectivity index (χ0v) is 11.2. The highest BCUT2D eigenvalue weighted by molar-refractivity contribution is 5.81. The molecule has 1 N–H and O–H groups in total. The van der Waals surface area contributed by atoms with Gasteiger partial charge in [-0.2, -0.15) is 4.98 Å². The van der Waals surface area contributed by atoms with Crippen molar-refractivity contribution in [2.75, 3.05) is 13.1 Å². The van der Waals surface area contributed by atoms with Crippen LogP contribution in [-0.2, 0) is 11.3 Å². The first-order valence-corrected chi connectivity index (χ1v) is 6.64. The first-order chi connectivity index (χ1) is 9.74. The average molecular weight is 272 g/mol. The van der Waals surface area contributed by atoms with Gasteiger partial charge in [-0.1, -0.05) is 35.5 Å². The van der Waals surface area contributed by atoms with E-state index in [1.807, 2.05) is 42.2 Å². The average Bonchev–Trinajstić information content (AvgIpc) is 2.93. The van der Waals surface area contributed by atoms with Crippen molar-refractivity contribution in [3.8, 4) is 11.4 Å². The van der Waals surface area contributed by atoms with Crippen LogP contribution in [-0.4, -0.2) is 40.1 Å². The van der Waals surface area contributed by atoms with Gasteiger partial charge in [0.2, 0.25) is 17.6 Å². The highest BCUT2D eigenvalue weighted by atomic mass is 16.5. The molecule has 1 atom stereocenters. The number of carbonyl (C=O) groups is 1. The molecule has 2 heterocycles. The smallest absolute Gasteiger partial charge is 0.241 e. The van der Waals surface area contributed by atoms with Gasteiger partial charge in [0.15, 0.2) is 0 Å². The van der Waals surface area contributed by atoms with Crippen LogP contribution < -0.4 is 5.32 Å². The van der Waals surface area contributed by atoms with Gasteiger partial charge in [0.05, 0.1) is 12.6 Å². The van der Waals surface area contributed by atoms with Crippen LogP contribution >= 0.6 is 0 Å². The number of carbonyl (C=O) groups excluding carboxylic acids is 1. The second-order valence-electron chi connectivity index (χ2n) is 4.82. The Morgan fingerprint density at radius 2 is 2.20 bits per heavy atom. The molecule has 1 unspecified atom stereocenters. The fourth-order valence-corrected chi connectivity index (χ4v) is 2.24. The zero-order valence-electron chi connectivity index (χ0n) is 11.2. The monoisotopic (exact) mass is 272 g/mol. The number of benzene rings is 1. The number of nitrogens with one attached hydrogen (secondary N) is 1. The number of nitrogens with zero attached hydrogens (tertiary/aromatic N) is 3. The summed E-state index contributed by atoms with van der Waals surface area (Å²) < 4.78 is 5.27. The summed E-state index contributed by atoms with van der Waals surface area (Å²) in [4.78, 5) is 18.0. The minimum absolute atomic E-state index is 0.0408. The molecule has 1 aromatic carbocycles. The van der Waals surface area contributed by atoms with E-state index in [1.54, 1.807) is 0 Å². The Bertz CT molecular complexity index is 596. The maximum absolute atomic E-state index is 11.6. The van der Waals surface area contributed by atoms with E-state index in [1.165, 1.54) is 0 Å². The van der Waals surface area contributed by atoms with Crippen LogP contribution in [0, 0.1) is 0 Å². The summed E-state index contributed by atoms with van der Waals surface area (Å²) >= 11 is 0. The second kappa shape index (κ2) is 5.42. The summed E-state index contributed by atoms with van der Waals surface area (Å²) in [6.07, 6.45) is 0. The summed E-state index contributed by atoms with van der Waals surface area (Å²) in [6, 6.07) is 9.51. The van der Waals surface area contributed by atoms with Gasteiger partial charge in [0.25, 0.3) is 0 Å². The van der Waals surface area contributed by atoms with Crippen LogP contribution in [0.2, 0.25) is 0 Å². The molecular formula is C14H16N4O2. The summed E-state index contributed by atoms with van der Waals surface area (Å²) in [7, 11) is 0. The molecule has 6 heteroatoms. The molecule has 1 aliphatic rings. The number of aromatic nitrogens is 2. The van der Waals surface area contributed by atoms with Crippen LogP contribution in [0.25, 0.3) is 11.4 Å². The van der Waals surface area contributed by atoms with E-state index >= 15 is 0 Å². The fourth-order valence-electron chi connectivity index (χ4n) is 2.24. The predicted octanol–water partition coefficient (Wildman–Crippen LogP) is 1.06. The lowest BCUT2D eigenvalue weighted by molar-refractivity contribution is -0.128. The van der Waals surface area contributed by atoms with E-state index in [-0.39, 0.29) is 11.9 Å². The molecule has 0 bridgehead atoms. The van der Waals surface area contributed by atoms with Crippen molar-refractivity contribution in [1.29, 1.82) is 0 Å². The topological polar surface area (TPSA) is 71.3 Å². The lowest BCUT2D eigenvalue weighted by Gasteiger charge is -2.31. The van der Waals surface area contributed by atoms with Crippen molar-refractivity contribution in [1.82, 2.24) is 20.4 Å². The van der Waals surface area contributed by atoms with E-state index in [0.29, 0.717) is 24.8 Å². The maximum atomic E-state index is 11.6. The molecule has 104 valence electrons. The van der Waals surface area contributed by atoms with Gasteiger partial charge in [-0.05, 0) is 6.92 Å². The van der Waals surface area contributed by atoms with E-state index in [4.69, 9.17) is 4.52 Å². The Hall–Kier alpha value is -2.21. The van der Waals surface area contributed by atoms with Crippen molar-refractivity contribution in [3.63, 3.8) is 0 Å². The molecule has 1 aliphatic heterocycles. The zero-order chi connectivity index (χ0) is 13.9. The SMILES string of the molecule is CC1C(=O)NCCN1Cc1nc(-c2ccccc2)no1. The molecule has 0 spiro atoms. The molecule has 6 nitrogen and oxygen atoms in total. The Morgan fingerprint density at radius 1 is 1.40 bits per heavy atom. The van der Waals surface area contributed by atoms with Gasteiger partial charge in [-0.25, -0.2) is 0 Å². The van der Waals surface area contributed by atoms with Gasteiger partial charge in [0, 0.05) is 18.7 Å². The van der Waals surface area contributed by atoms with Gasteiger partial charge in [-0.3, -0.25) is 9.69 Å². The van der Waals surface area contributed by atoms with Gasteiger partial charge >= 0.3 is 0 Å². The third kappa shape index (κ3) is 2.55. The Morgan fingerprint density at radius 3 is 3.00 bits per heavy atom. The highest BCUT2D eigenvalue weighted by Gasteiger charge is 2.26. The molecule has 1 amide bonds. The van der Waals surface area contributed by atoms with Crippen molar-refractivity contribution in [2.24, 2.45) is 0 Å². The lowest BCUT2D eigenvalue weighted by atomic mass is 10.2. The number of amides is 1. The number of hydrogen-bond donors (Lipinski definition) is 1. The Labute approximate surface area is 116 Å². The third-order valence-electron chi connectivity index (χ3n) is 3.46. The molecule has 20 heavy (non-hydrogen) atoms. The fraction of sp³-hybridized carbons (Fsp3) is 0.357. The number of rotatable bonds is 3. The van der Waals surface area contributed by atoms with Crippen LogP contribution in [0.1, 0.15) is 12.8 Å². The molecule has 3 rings (SSSR count). The summed E-state index contributed by atoms with van der Waals surface area (Å²) in [5.74, 6) is 1.15. The van der Waals surface area contributed by atoms with Gasteiger partial charge in [-0.15, -0.1) is 0 Å². The largest absolute Gasteiger partial charge is 0.353 e. The Balaban J connectivity index is 1.73. The molecule has 0 saturated carbocycles. The molecule has 0 aliphatic carbocycles. The van der Waals surface area contributed by atoms with Crippen LogP contribution in [0.4, 0.5) is 0 Å². The molecule has 0 radical (unpaired) electrons. The van der Waals surface area contributed by atoms with E-state index < -0.39 is 0 Å². The minimum atomic E-state index is -0.171. The number of hydrogen-bond acceptors (Lipinski definition) is 5. The van der Waals surface area contributed by atoms with E-state index in [2.05, 4.69) is 15.5 Å². The van der Waals surface area contributed by atoms with Crippen LogP contribution in [0.5, 0.6) is 0 Å². The van der Waals surface area contributed by atoms with Gasteiger partial charge < -0.3 is 9.84 Å². The standard InChI is InChI=1S/C14H16N4O2/c1-10-14(19)15-7-8-18(10)9-12-16-13(17-20-12)11-5-3-2-4-6-11/h2-6,10H,7-9H2,1H3,(H,15,19). The molecule has 1 saturated heterocycles. The normalized spacial score (nSPS) is 19.9. The first-order valence-electron chi connectivity index (χ1n) is 6.64. The number of piperazine rings is 1. The van der Waals surface area contributed by atoms with Crippen molar-refractivity contribution >= 4 is 5.91 Å². The molecular weight excluding hydrogens is 256 g/mol. The van der Waals surface area contributed by atoms with E-state index in [9.17, 15) is 4.79 Å². The maximum Gasteiger partial charge on any atom is 0.241 e.